The largest absolute Gasteiger partial charge is 0.359 e. The van der Waals surface area contributed by atoms with Crippen molar-refractivity contribution in [2.45, 2.75) is 6.42 Å². The first kappa shape index (κ1) is 11.4. The molecule has 0 amide bonds. The fourth-order valence-electron chi connectivity index (χ4n) is 1.03. The second-order valence-corrected chi connectivity index (χ2v) is 3.22. The maximum atomic E-state index is 12.8. The molecule has 0 bridgehead atoms. The number of hydrogen-bond donors (Lipinski definition) is 0. The van der Waals surface area contributed by atoms with Gasteiger partial charge in [0.2, 0.25) is 0 Å². The first-order valence-corrected chi connectivity index (χ1v) is 4.62. The van der Waals surface area contributed by atoms with E-state index in [2.05, 4.69) is 0 Å². The van der Waals surface area contributed by atoms with Crippen molar-refractivity contribution < 1.29 is 13.9 Å². The quantitative estimate of drug-likeness (QED) is 0.559. The van der Waals surface area contributed by atoms with Crippen LogP contribution in [0.2, 0.25) is 5.02 Å². The monoisotopic (exact) mass is 218 g/mol. The van der Waals surface area contributed by atoms with Gasteiger partial charge in [0.25, 0.3) is 0 Å². The van der Waals surface area contributed by atoms with E-state index < -0.39 is 5.82 Å². The van der Waals surface area contributed by atoms with Crippen LogP contribution in [0.5, 0.6) is 0 Å². The van der Waals surface area contributed by atoms with Gasteiger partial charge in [0.1, 0.15) is 12.6 Å². The maximum absolute atomic E-state index is 12.8. The van der Waals surface area contributed by atoms with Crippen LogP contribution < -0.4 is 0 Å². The zero-order chi connectivity index (χ0) is 10.4. The van der Waals surface area contributed by atoms with Crippen molar-refractivity contribution in [1.82, 2.24) is 0 Å². The van der Waals surface area contributed by atoms with Crippen LogP contribution in [0.4, 0.5) is 4.39 Å². The van der Waals surface area contributed by atoms with Gasteiger partial charge in [-0.2, -0.15) is 0 Å². The second-order valence-electron chi connectivity index (χ2n) is 2.81. The zero-order valence-electron chi connectivity index (χ0n) is 7.93. The number of hydrogen-bond acceptors (Lipinski definition) is 2. The highest BCUT2D eigenvalue weighted by molar-refractivity contribution is 6.30. The summed E-state index contributed by atoms with van der Waals surface area (Å²) in [5.74, 6) is -0.395. The van der Waals surface area contributed by atoms with E-state index in [1.165, 1.54) is 6.07 Å². The molecule has 0 unspecified atom stereocenters. The van der Waals surface area contributed by atoms with E-state index in [0.717, 1.165) is 5.56 Å². The molecule has 0 saturated heterocycles. The lowest BCUT2D eigenvalue weighted by molar-refractivity contribution is -0.0291. The lowest BCUT2D eigenvalue weighted by atomic mass is 10.1. The third-order valence-corrected chi connectivity index (χ3v) is 2.01. The third-order valence-electron chi connectivity index (χ3n) is 1.72. The SMILES string of the molecule is COCOCCc1ccc(F)c(Cl)c1. The van der Waals surface area contributed by atoms with Gasteiger partial charge in [-0.25, -0.2) is 4.39 Å². The van der Waals surface area contributed by atoms with Crippen LogP contribution in [0.1, 0.15) is 5.56 Å². The van der Waals surface area contributed by atoms with Gasteiger partial charge < -0.3 is 9.47 Å². The first-order chi connectivity index (χ1) is 6.74. The van der Waals surface area contributed by atoms with E-state index in [0.29, 0.717) is 13.0 Å². The van der Waals surface area contributed by atoms with Gasteiger partial charge >= 0.3 is 0 Å². The van der Waals surface area contributed by atoms with Crippen molar-refractivity contribution in [3.63, 3.8) is 0 Å². The minimum atomic E-state index is -0.395. The number of rotatable bonds is 5. The summed E-state index contributed by atoms with van der Waals surface area (Å²) in [5, 5.41) is 0.147. The molecule has 2 nitrogen and oxygen atoms in total. The number of halogens is 2. The summed E-state index contributed by atoms with van der Waals surface area (Å²) >= 11 is 5.61. The topological polar surface area (TPSA) is 18.5 Å². The van der Waals surface area contributed by atoms with Crippen molar-refractivity contribution >= 4 is 11.6 Å². The third kappa shape index (κ3) is 3.62. The highest BCUT2D eigenvalue weighted by atomic mass is 35.5. The molecule has 0 aliphatic heterocycles. The molecule has 0 N–H and O–H groups in total. The van der Waals surface area contributed by atoms with Crippen molar-refractivity contribution in [2.75, 3.05) is 20.5 Å². The van der Waals surface area contributed by atoms with Crippen molar-refractivity contribution in [3.05, 3.63) is 34.6 Å². The molecule has 1 aromatic rings. The fraction of sp³-hybridized carbons (Fsp3) is 0.400. The lowest BCUT2D eigenvalue weighted by Crippen LogP contribution is -2.01. The maximum Gasteiger partial charge on any atom is 0.146 e. The summed E-state index contributed by atoms with van der Waals surface area (Å²) in [6.07, 6.45) is 0.698. The molecule has 0 atom stereocenters. The van der Waals surface area contributed by atoms with Gasteiger partial charge in [-0.1, -0.05) is 17.7 Å². The molecule has 0 spiro atoms. The minimum Gasteiger partial charge on any atom is -0.359 e. The lowest BCUT2D eigenvalue weighted by Gasteiger charge is -2.03. The van der Waals surface area contributed by atoms with E-state index in [1.807, 2.05) is 0 Å². The van der Waals surface area contributed by atoms with Crippen LogP contribution in [0.25, 0.3) is 0 Å². The first-order valence-electron chi connectivity index (χ1n) is 4.24. The van der Waals surface area contributed by atoms with Gasteiger partial charge in [0.05, 0.1) is 11.6 Å². The van der Waals surface area contributed by atoms with Crippen LogP contribution in [-0.4, -0.2) is 20.5 Å². The molecule has 0 radical (unpaired) electrons. The normalized spacial score (nSPS) is 10.5. The molecule has 1 rings (SSSR count). The van der Waals surface area contributed by atoms with Crippen LogP contribution in [0, 0.1) is 5.82 Å². The Labute approximate surface area is 87.6 Å². The van der Waals surface area contributed by atoms with Crippen LogP contribution >= 0.6 is 11.6 Å². The Hall–Kier alpha value is -0.640. The summed E-state index contributed by atoms with van der Waals surface area (Å²) in [5.41, 5.74) is 0.951. The predicted octanol–water partition coefficient (Wildman–Crippen LogP) is 2.64. The van der Waals surface area contributed by atoms with Gasteiger partial charge in [-0.05, 0) is 24.1 Å². The summed E-state index contributed by atoms with van der Waals surface area (Å²) in [6.45, 7) is 0.810. The second kappa shape index (κ2) is 5.96. The van der Waals surface area contributed by atoms with Crippen molar-refractivity contribution in [3.8, 4) is 0 Å². The standard InChI is InChI=1S/C10H12ClFO2/c1-13-7-14-5-4-8-2-3-10(12)9(11)6-8/h2-3,6H,4-5,7H2,1H3. The molecule has 0 fully saturated rings. The Bertz CT molecular complexity index is 291. The van der Waals surface area contributed by atoms with Gasteiger partial charge in [0.15, 0.2) is 0 Å². The molecule has 4 heteroatoms. The van der Waals surface area contributed by atoms with Crippen LogP contribution in [-0.2, 0) is 15.9 Å². The Morgan fingerprint density at radius 1 is 1.43 bits per heavy atom. The summed E-state index contributed by atoms with van der Waals surface area (Å²) in [4.78, 5) is 0. The smallest absolute Gasteiger partial charge is 0.146 e. The molecular weight excluding hydrogens is 207 g/mol. The molecule has 1 aromatic carbocycles. The molecule has 0 aliphatic carbocycles. The molecule has 0 saturated carbocycles. The van der Waals surface area contributed by atoms with Crippen molar-refractivity contribution in [1.29, 1.82) is 0 Å². The van der Waals surface area contributed by atoms with Crippen LogP contribution in [0.3, 0.4) is 0 Å². The Morgan fingerprint density at radius 2 is 2.21 bits per heavy atom. The number of methoxy groups -OCH3 is 1. The zero-order valence-corrected chi connectivity index (χ0v) is 8.68. The van der Waals surface area contributed by atoms with E-state index in [1.54, 1.807) is 19.2 Å². The molecular formula is C10H12ClFO2. The van der Waals surface area contributed by atoms with Crippen LogP contribution in [0.15, 0.2) is 18.2 Å². The minimum absolute atomic E-state index is 0.147. The molecule has 14 heavy (non-hydrogen) atoms. The average Bonchev–Trinajstić information content (AvgIpc) is 2.18. The molecule has 78 valence electrons. The van der Waals surface area contributed by atoms with Gasteiger partial charge in [0, 0.05) is 7.11 Å². The van der Waals surface area contributed by atoms with Crippen molar-refractivity contribution in [2.24, 2.45) is 0 Å². The van der Waals surface area contributed by atoms with Gasteiger partial charge in [-0.3, -0.25) is 0 Å². The number of ether oxygens (including phenoxy) is 2. The van der Waals surface area contributed by atoms with E-state index in [9.17, 15) is 4.39 Å². The molecule has 0 heterocycles. The summed E-state index contributed by atoms with van der Waals surface area (Å²) in [6, 6.07) is 4.65. The number of benzene rings is 1. The Morgan fingerprint density at radius 3 is 2.86 bits per heavy atom. The van der Waals surface area contributed by atoms with Gasteiger partial charge in [-0.15, -0.1) is 0 Å². The van der Waals surface area contributed by atoms with E-state index in [4.69, 9.17) is 21.1 Å². The van der Waals surface area contributed by atoms with E-state index >= 15 is 0 Å². The predicted molar refractivity (Wildman–Crippen MR) is 52.9 cm³/mol. The van der Waals surface area contributed by atoms with E-state index in [-0.39, 0.29) is 11.8 Å². The summed E-state index contributed by atoms with van der Waals surface area (Å²) < 4.78 is 22.6. The summed E-state index contributed by atoms with van der Waals surface area (Å²) in [7, 11) is 1.56. The Kier molecular flexibility index (Phi) is 4.87. The average molecular weight is 219 g/mol. The highest BCUT2D eigenvalue weighted by Crippen LogP contribution is 2.16. The highest BCUT2D eigenvalue weighted by Gasteiger charge is 2.00. The molecule has 0 aromatic heterocycles. The molecule has 0 aliphatic rings. The Balaban J connectivity index is 2.39. The fourth-order valence-corrected chi connectivity index (χ4v) is 1.23.